The highest BCUT2D eigenvalue weighted by atomic mass is 32.1. The van der Waals surface area contributed by atoms with Gasteiger partial charge in [0.1, 0.15) is 4.88 Å². The number of esters is 1. The summed E-state index contributed by atoms with van der Waals surface area (Å²) in [5, 5.41) is 4.73. The zero-order valence-electron chi connectivity index (χ0n) is 11.9. The number of thiophene rings is 1. The van der Waals surface area contributed by atoms with Crippen molar-refractivity contribution in [3.63, 3.8) is 0 Å². The second-order valence-corrected chi connectivity index (χ2v) is 5.31. The molecular weight excluding hydrogens is 288 g/mol. The molecule has 0 fully saturated rings. The first kappa shape index (κ1) is 15.3. The van der Waals surface area contributed by atoms with E-state index in [9.17, 15) is 9.59 Å². The predicted molar refractivity (Wildman–Crippen MR) is 81.8 cm³/mol. The molecule has 1 N–H and O–H groups in total. The van der Waals surface area contributed by atoms with Gasteiger partial charge in [-0.05, 0) is 36.9 Å². The molecule has 0 bridgehead atoms. The van der Waals surface area contributed by atoms with E-state index in [1.165, 1.54) is 11.3 Å². The van der Waals surface area contributed by atoms with Crippen LogP contribution in [0.15, 0.2) is 36.0 Å². The Hall–Kier alpha value is -2.08. The van der Waals surface area contributed by atoms with E-state index < -0.39 is 0 Å². The van der Waals surface area contributed by atoms with Gasteiger partial charge >= 0.3 is 5.97 Å². The standard InChI is InChI=1S/C15H18N2O3S/c1-2-20-13(18)6-5-8-16-15(19)14-12(7-11-21-14)17-9-3-4-10-17/h3-4,7,9-11H,2,5-6,8H2,1H3,(H,16,19). The molecule has 0 aliphatic rings. The number of hydrogen-bond acceptors (Lipinski definition) is 4. The van der Waals surface area contributed by atoms with Crippen molar-refractivity contribution < 1.29 is 14.3 Å². The van der Waals surface area contributed by atoms with Gasteiger partial charge in [0.2, 0.25) is 0 Å². The molecule has 2 rings (SSSR count). The third-order valence-corrected chi connectivity index (χ3v) is 3.78. The Bertz CT molecular complexity index is 590. The molecule has 2 aromatic heterocycles. The molecule has 0 aliphatic carbocycles. The largest absolute Gasteiger partial charge is 0.466 e. The lowest BCUT2D eigenvalue weighted by molar-refractivity contribution is -0.143. The molecule has 112 valence electrons. The van der Waals surface area contributed by atoms with Crippen molar-refractivity contribution in [3.05, 3.63) is 40.8 Å². The summed E-state index contributed by atoms with van der Waals surface area (Å²) in [5.74, 6) is -0.339. The van der Waals surface area contributed by atoms with Crippen LogP contribution in [0.5, 0.6) is 0 Å². The van der Waals surface area contributed by atoms with Gasteiger partial charge < -0.3 is 14.6 Å². The summed E-state index contributed by atoms with van der Waals surface area (Å²) in [5.41, 5.74) is 0.868. The highest BCUT2D eigenvalue weighted by Crippen LogP contribution is 2.21. The van der Waals surface area contributed by atoms with Gasteiger partial charge in [0.25, 0.3) is 5.91 Å². The summed E-state index contributed by atoms with van der Waals surface area (Å²) in [6.07, 6.45) is 4.71. The van der Waals surface area contributed by atoms with Gasteiger partial charge in [0.05, 0.1) is 12.3 Å². The van der Waals surface area contributed by atoms with E-state index in [0.717, 1.165) is 5.69 Å². The Labute approximate surface area is 127 Å². The van der Waals surface area contributed by atoms with Crippen molar-refractivity contribution in [2.45, 2.75) is 19.8 Å². The van der Waals surface area contributed by atoms with Crippen LogP contribution in [0.4, 0.5) is 0 Å². The van der Waals surface area contributed by atoms with Gasteiger partial charge in [-0.2, -0.15) is 0 Å². The number of carbonyl (C=O) groups is 2. The molecule has 2 aromatic rings. The average molecular weight is 306 g/mol. The molecule has 0 saturated carbocycles. The smallest absolute Gasteiger partial charge is 0.305 e. The molecule has 0 aromatic carbocycles. The predicted octanol–water partition coefficient (Wildman–Crippen LogP) is 2.61. The molecule has 2 heterocycles. The van der Waals surface area contributed by atoms with Crippen LogP contribution in [0.25, 0.3) is 5.69 Å². The van der Waals surface area contributed by atoms with Crippen molar-refractivity contribution in [2.75, 3.05) is 13.2 Å². The summed E-state index contributed by atoms with van der Waals surface area (Å²) in [4.78, 5) is 24.0. The zero-order chi connectivity index (χ0) is 15.1. The number of nitrogens with zero attached hydrogens (tertiary/aromatic N) is 1. The molecule has 0 radical (unpaired) electrons. The second kappa shape index (κ2) is 7.64. The van der Waals surface area contributed by atoms with Gasteiger partial charge in [0, 0.05) is 25.4 Å². The maximum absolute atomic E-state index is 12.2. The fraction of sp³-hybridized carbons (Fsp3) is 0.333. The average Bonchev–Trinajstić information content (AvgIpc) is 3.13. The summed E-state index contributed by atoms with van der Waals surface area (Å²) in [7, 11) is 0. The number of hydrogen-bond donors (Lipinski definition) is 1. The lowest BCUT2D eigenvalue weighted by Gasteiger charge is -2.07. The Morgan fingerprint density at radius 1 is 1.33 bits per heavy atom. The van der Waals surface area contributed by atoms with Crippen molar-refractivity contribution in [1.82, 2.24) is 9.88 Å². The molecular formula is C15H18N2O3S. The van der Waals surface area contributed by atoms with Crippen molar-refractivity contribution in [1.29, 1.82) is 0 Å². The molecule has 0 spiro atoms. The molecule has 0 atom stereocenters. The van der Waals surface area contributed by atoms with E-state index >= 15 is 0 Å². The maximum atomic E-state index is 12.2. The first-order valence-electron chi connectivity index (χ1n) is 6.87. The van der Waals surface area contributed by atoms with Gasteiger partial charge in [-0.25, -0.2) is 0 Å². The fourth-order valence-electron chi connectivity index (χ4n) is 1.92. The Kier molecular flexibility index (Phi) is 5.57. The lowest BCUT2D eigenvalue weighted by Crippen LogP contribution is -2.25. The van der Waals surface area contributed by atoms with Crippen molar-refractivity contribution in [2.24, 2.45) is 0 Å². The van der Waals surface area contributed by atoms with Crippen LogP contribution in [-0.2, 0) is 9.53 Å². The van der Waals surface area contributed by atoms with Crippen LogP contribution in [0.2, 0.25) is 0 Å². The lowest BCUT2D eigenvalue weighted by atomic mass is 10.3. The molecule has 0 saturated heterocycles. The monoisotopic (exact) mass is 306 g/mol. The van der Waals surface area contributed by atoms with Crippen LogP contribution in [-0.4, -0.2) is 29.6 Å². The van der Waals surface area contributed by atoms with E-state index in [2.05, 4.69) is 5.32 Å². The Morgan fingerprint density at radius 3 is 2.81 bits per heavy atom. The third kappa shape index (κ3) is 4.19. The molecule has 6 heteroatoms. The number of rotatable bonds is 7. The van der Waals surface area contributed by atoms with Crippen molar-refractivity contribution >= 4 is 23.2 Å². The fourth-order valence-corrected chi connectivity index (χ4v) is 2.73. The minimum atomic E-state index is -0.226. The first-order chi connectivity index (χ1) is 10.2. The van der Waals surface area contributed by atoms with Crippen molar-refractivity contribution in [3.8, 4) is 5.69 Å². The minimum Gasteiger partial charge on any atom is -0.466 e. The van der Waals surface area contributed by atoms with Gasteiger partial charge in [-0.1, -0.05) is 0 Å². The molecule has 5 nitrogen and oxygen atoms in total. The van der Waals surface area contributed by atoms with E-state index in [-0.39, 0.29) is 11.9 Å². The maximum Gasteiger partial charge on any atom is 0.305 e. The molecule has 1 amide bonds. The van der Waals surface area contributed by atoms with Crippen LogP contribution in [0.1, 0.15) is 29.4 Å². The SMILES string of the molecule is CCOC(=O)CCCNC(=O)c1sccc1-n1cccc1. The van der Waals surface area contributed by atoms with E-state index in [1.807, 2.05) is 40.5 Å². The second-order valence-electron chi connectivity index (χ2n) is 4.39. The van der Waals surface area contributed by atoms with Crippen LogP contribution in [0, 0.1) is 0 Å². The van der Waals surface area contributed by atoms with Crippen LogP contribution < -0.4 is 5.32 Å². The third-order valence-electron chi connectivity index (χ3n) is 2.88. The number of carbonyl (C=O) groups excluding carboxylic acids is 2. The normalized spacial score (nSPS) is 10.3. The first-order valence-corrected chi connectivity index (χ1v) is 7.75. The quantitative estimate of drug-likeness (QED) is 0.632. The Morgan fingerprint density at radius 2 is 2.10 bits per heavy atom. The number of aromatic nitrogens is 1. The topological polar surface area (TPSA) is 60.3 Å². The van der Waals surface area contributed by atoms with Crippen LogP contribution >= 0.6 is 11.3 Å². The van der Waals surface area contributed by atoms with Crippen LogP contribution in [0.3, 0.4) is 0 Å². The minimum absolute atomic E-state index is 0.113. The van der Waals surface area contributed by atoms with E-state index in [1.54, 1.807) is 6.92 Å². The summed E-state index contributed by atoms with van der Waals surface area (Å²) < 4.78 is 6.74. The summed E-state index contributed by atoms with van der Waals surface area (Å²) in [6.45, 7) is 2.63. The van der Waals surface area contributed by atoms with E-state index in [0.29, 0.717) is 30.9 Å². The van der Waals surface area contributed by atoms with Gasteiger partial charge in [-0.15, -0.1) is 11.3 Å². The Balaban J connectivity index is 1.85. The summed E-state index contributed by atoms with van der Waals surface area (Å²) >= 11 is 1.40. The number of nitrogens with one attached hydrogen (secondary N) is 1. The highest BCUT2D eigenvalue weighted by molar-refractivity contribution is 7.12. The molecule has 21 heavy (non-hydrogen) atoms. The number of amides is 1. The van der Waals surface area contributed by atoms with Gasteiger partial charge in [0.15, 0.2) is 0 Å². The number of ether oxygens (including phenoxy) is 1. The van der Waals surface area contributed by atoms with Gasteiger partial charge in [-0.3, -0.25) is 9.59 Å². The highest BCUT2D eigenvalue weighted by Gasteiger charge is 2.13. The van der Waals surface area contributed by atoms with E-state index in [4.69, 9.17) is 4.74 Å². The summed E-state index contributed by atoms with van der Waals surface area (Å²) in [6, 6.07) is 5.75. The molecule has 0 unspecified atom stereocenters. The molecule has 0 aliphatic heterocycles. The zero-order valence-corrected chi connectivity index (χ0v) is 12.7.